The molecule has 0 atom stereocenters. The molecule has 0 aliphatic rings. The van der Waals surface area contributed by atoms with Gasteiger partial charge in [-0.2, -0.15) is 10.2 Å². The number of carbonyl (C=O) groups is 1. The number of aromatic nitrogens is 5. The van der Waals surface area contributed by atoms with Crippen molar-refractivity contribution in [3.8, 4) is 11.5 Å². The van der Waals surface area contributed by atoms with Crippen LogP contribution in [0.4, 0.5) is 0 Å². The van der Waals surface area contributed by atoms with Crippen molar-refractivity contribution < 1.29 is 4.79 Å². The summed E-state index contributed by atoms with van der Waals surface area (Å²) in [4.78, 5) is 16.8. The lowest BCUT2D eigenvalue weighted by molar-refractivity contribution is 0.0945. The first-order chi connectivity index (χ1) is 13.2. The monoisotopic (exact) mass is 378 g/mol. The van der Waals surface area contributed by atoms with E-state index in [1.54, 1.807) is 52.4 Å². The molecule has 7 nitrogen and oxygen atoms in total. The number of nitrogens with one attached hydrogen (secondary N) is 1. The van der Waals surface area contributed by atoms with Gasteiger partial charge in [-0.1, -0.05) is 23.7 Å². The Labute approximate surface area is 160 Å². The highest BCUT2D eigenvalue weighted by molar-refractivity contribution is 6.30. The van der Waals surface area contributed by atoms with Crippen molar-refractivity contribution in [3.05, 3.63) is 89.6 Å². The number of hydrogen-bond acceptors (Lipinski definition) is 4. The molecule has 0 spiro atoms. The third-order valence-corrected chi connectivity index (χ3v) is 4.16. The average molecular weight is 379 g/mol. The van der Waals surface area contributed by atoms with Crippen LogP contribution in [-0.4, -0.2) is 30.5 Å². The Kier molecular flexibility index (Phi) is 4.67. The fraction of sp³-hybridized carbons (Fsp3) is 0.0526. The molecule has 0 saturated carbocycles. The highest BCUT2D eigenvalue weighted by Gasteiger charge is 2.12. The molecule has 0 unspecified atom stereocenters. The van der Waals surface area contributed by atoms with E-state index in [-0.39, 0.29) is 5.91 Å². The van der Waals surface area contributed by atoms with Crippen molar-refractivity contribution in [3.63, 3.8) is 0 Å². The Balaban J connectivity index is 1.48. The van der Waals surface area contributed by atoms with Crippen molar-refractivity contribution in [1.82, 2.24) is 29.9 Å². The van der Waals surface area contributed by atoms with Gasteiger partial charge in [0.05, 0.1) is 5.69 Å². The zero-order valence-corrected chi connectivity index (χ0v) is 14.9. The van der Waals surface area contributed by atoms with Crippen LogP contribution >= 0.6 is 11.6 Å². The van der Waals surface area contributed by atoms with Gasteiger partial charge in [0.2, 0.25) is 0 Å². The number of carbonyl (C=O) groups excluding carboxylic acids is 1. The van der Waals surface area contributed by atoms with Gasteiger partial charge in [-0.05, 0) is 36.4 Å². The summed E-state index contributed by atoms with van der Waals surface area (Å²) in [7, 11) is 0. The van der Waals surface area contributed by atoms with Gasteiger partial charge >= 0.3 is 0 Å². The van der Waals surface area contributed by atoms with Crippen LogP contribution < -0.4 is 5.32 Å². The largest absolute Gasteiger partial charge is 0.346 e. The molecular formula is C19H15ClN6O. The van der Waals surface area contributed by atoms with Gasteiger partial charge in [-0.25, -0.2) is 14.3 Å². The minimum Gasteiger partial charge on any atom is -0.346 e. The van der Waals surface area contributed by atoms with Gasteiger partial charge in [0.1, 0.15) is 0 Å². The molecule has 0 fully saturated rings. The Hall–Kier alpha value is -3.45. The third-order valence-electron chi connectivity index (χ3n) is 3.92. The van der Waals surface area contributed by atoms with Crippen LogP contribution in [0.1, 0.15) is 16.1 Å². The van der Waals surface area contributed by atoms with Crippen molar-refractivity contribution in [2.24, 2.45) is 0 Å². The summed E-state index contributed by atoms with van der Waals surface area (Å²) in [5.74, 6) is 0.401. The second kappa shape index (κ2) is 7.43. The maximum Gasteiger partial charge on any atom is 0.272 e. The second-order valence-corrected chi connectivity index (χ2v) is 6.18. The zero-order valence-electron chi connectivity index (χ0n) is 14.2. The van der Waals surface area contributed by atoms with Crippen LogP contribution in [0.3, 0.4) is 0 Å². The van der Waals surface area contributed by atoms with Crippen molar-refractivity contribution >= 4 is 17.5 Å². The lowest BCUT2D eigenvalue weighted by atomic mass is 10.2. The van der Waals surface area contributed by atoms with Crippen LogP contribution in [0.15, 0.2) is 73.3 Å². The van der Waals surface area contributed by atoms with Crippen LogP contribution in [0, 0.1) is 0 Å². The first-order valence-corrected chi connectivity index (χ1v) is 8.62. The van der Waals surface area contributed by atoms with E-state index in [9.17, 15) is 4.79 Å². The Morgan fingerprint density at radius 3 is 2.78 bits per heavy atom. The third kappa shape index (κ3) is 3.73. The number of benzene rings is 1. The molecule has 4 aromatic rings. The molecule has 0 aliphatic heterocycles. The van der Waals surface area contributed by atoms with E-state index >= 15 is 0 Å². The van der Waals surface area contributed by atoms with E-state index in [2.05, 4.69) is 20.5 Å². The molecule has 8 heteroatoms. The molecule has 0 bridgehead atoms. The molecule has 1 N–H and O–H groups in total. The lowest BCUT2D eigenvalue weighted by Gasteiger charge is -2.09. The summed E-state index contributed by atoms with van der Waals surface area (Å²) in [6, 6.07) is 14.5. The van der Waals surface area contributed by atoms with E-state index in [0.29, 0.717) is 23.1 Å². The predicted molar refractivity (Wildman–Crippen MR) is 101 cm³/mol. The number of pyridine rings is 1. The first-order valence-electron chi connectivity index (χ1n) is 8.24. The predicted octanol–water partition coefficient (Wildman–Crippen LogP) is 3.04. The van der Waals surface area contributed by atoms with Crippen molar-refractivity contribution in [2.75, 3.05) is 0 Å². The first kappa shape index (κ1) is 17.0. The smallest absolute Gasteiger partial charge is 0.272 e. The summed E-state index contributed by atoms with van der Waals surface area (Å²) in [6.45, 7) is 0.311. The van der Waals surface area contributed by atoms with Crippen LogP contribution in [0.5, 0.6) is 0 Å². The normalized spacial score (nSPS) is 10.7. The van der Waals surface area contributed by atoms with E-state index in [1.165, 1.54) is 0 Å². The quantitative estimate of drug-likeness (QED) is 0.579. The number of hydrogen-bond donors (Lipinski definition) is 1. The van der Waals surface area contributed by atoms with Crippen molar-refractivity contribution in [1.29, 1.82) is 0 Å². The number of amides is 1. The summed E-state index contributed by atoms with van der Waals surface area (Å²) in [5.41, 5.74) is 1.96. The van der Waals surface area contributed by atoms with Crippen LogP contribution in [0.2, 0.25) is 5.02 Å². The van der Waals surface area contributed by atoms with E-state index < -0.39 is 0 Å². The molecule has 0 radical (unpaired) electrons. The lowest BCUT2D eigenvalue weighted by Crippen LogP contribution is -2.24. The fourth-order valence-corrected chi connectivity index (χ4v) is 2.83. The summed E-state index contributed by atoms with van der Waals surface area (Å²) in [5, 5.41) is 12.0. The van der Waals surface area contributed by atoms with Gasteiger partial charge in [0.15, 0.2) is 11.5 Å². The van der Waals surface area contributed by atoms with Gasteiger partial charge in [0, 0.05) is 41.9 Å². The molecule has 3 heterocycles. The zero-order chi connectivity index (χ0) is 18.6. The molecule has 0 saturated heterocycles. The standard InChI is InChI=1S/C19H15ClN6O/c20-15-5-1-6-16(12-15)25-11-7-17(24-25)19(27)22-13-14-4-2-8-21-18(14)26-10-3-9-23-26/h1-12H,13H2,(H,22,27). The molecule has 3 aromatic heterocycles. The minimum atomic E-state index is -0.272. The topological polar surface area (TPSA) is 77.6 Å². The number of rotatable bonds is 5. The van der Waals surface area contributed by atoms with Gasteiger partial charge < -0.3 is 5.32 Å². The maximum absolute atomic E-state index is 12.5. The molecular weight excluding hydrogens is 364 g/mol. The van der Waals surface area contributed by atoms with E-state index in [0.717, 1.165) is 11.3 Å². The van der Waals surface area contributed by atoms with E-state index in [4.69, 9.17) is 11.6 Å². The highest BCUT2D eigenvalue weighted by Crippen LogP contribution is 2.15. The van der Waals surface area contributed by atoms with Crippen LogP contribution in [-0.2, 0) is 6.54 Å². The number of halogens is 1. The van der Waals surface area contributed by atoms with Gasteiger partial charge in [-0.3, -0.25) is 4.79 Å². The number of nitrogens with zero attached hydrogens (tertiary/aromatic N) is 5. The maximum atomic E-state index is 12.5. The molecule has 134 valence electrons. The van der Waals surface area contributed by atoms with Gasteiger partial charge in [-0.15, -0.1) is 0 Å². The Morgan fingerprint density at radius 2 is 1.96 bits per heavy atom. The Bertz CT molecular complexity index is 1070. The molecule has 4 rings (SSSR count). The van der Waals surface area contributed by atoms with E-state index in [1.807, 2.05) is 30.3 Å². The fourth-order valence-electron chi connectivity index (χ4n) is 2.64. The van der Waals surface area contributed by atoms with Gasteiger partial charge in [0.25, 0.3) is 5.91 Å². The highest BCUT2D eigenvalue weighted by atomic mass is 35.5. The average Bonchev–Trinajstić information content (AvgIpc) is 3.38. The summed E-state index contributed by atoms with van der Waals surface area (Å²) in [6.07, 6.45) is 6.90. The van der Waals surface area contributed by atoms with Crippen molar-refractivity contribution in [2.45, 2.75) is 6.54 Å². The molecule has 1 aromatic carbocycles. The summed E-state index contributed by atoms with van der Waals surface area (Å²) >= 11 is 6.01. The SMILES string of the molecule is O=C(NCc1cccnc1-n1cccn1)c1ccn(-c2cccc(Cl)c2)n1. The molecule has 27 heavy (non-hydrogen) atoms. The molecule has 1 amide bonds. The minimum absolute atomic E-state index is 0.272. The second-order valence-electron chi connectivity index (χ2n) is 5.74. The van der Waals surface area contributed by atoms with Crippen LogP contribution in [0.25, 0.3) is 11.5 Å². The summed E-state index contributed by atoms with van der Waals surface area (Å²) < 4.78 is 3.27. The Morgan fingerprint density at radius 1 is 1.04 bits per heavy atom. The molecule has 0 aliphatic carbocycles.